The van der Waals surface area contributed by atoms with E-state index in [1.165, 1.54) is 11.1 Å². The van der Waals surface area contributed by atoms with Crippen LogP contribution in [0.1, 0.15) is 12.8 Å². The Hall–Kier alpha value is -1.66. The van der Waals surface area contributed by atoms with Crippen molar-refractivity contribution >= 4 is 12.1 Å². The third-order valence-electron chi connectivity index (χ3n) is 3.17. The molecule has 0 aromatic carbocycles. The summed E-state index contributed by atoms with van der Waals surface area (Å²) in [5.41, 5.74) is 3.15. The van der Waals surface area contributed by atoms with Gasteiger partial charge in [0.1, 0.15) is 18.8 Å². The first-order chi connectivity index (χ1) is 9.25. The van der Waals surface area contributed by atoms with Crippen molar-refractivity contribution in [2.75, 3.05) is 32.8 Å². The Morgan fingerprint density at radius 3 is 2.89 bits per heavy atom. The Kier molecular flexibility index (Phi) is 5.11. The second-order valence-corrected chi connectivity index (χ2v) is 4.66. The summed E-state index contributed by atoms with van der Waals surface area (Å²) in [6.45, 7) is 3.52. The lowest BCUT2D eigenvalue weighted by Gasteiger charge is -2.22. The van der Waals surface area contributed by atoms with Crippen molar-refractivity contribution in [3.63, 3.8) is 0 Å². The van der Waals surface area contributed by atoms with Gasteiger partial charge in [-0.05, 0) is 18.9 Å². The van der Waals surface area contributed by atoms with Gasteiger partial charge in [-0.2, -0.15) is 5.10 Å². The summed E-state index contributed by atoms with van der Waals surface area (Å²) in [4.78, 5) is 12.9. The van der Waals surface area contributed by atoms with Crippen LogP contribution in [-0.2, 0) is 9.53 Å². The number of amides is 1. The number of morpholine rings is 1. The first-order valence-electron chi connectivity index (χ1n) is 6.58. The van der Waals surface area contributed by atoms with Crippen LogP contribution in [0.3, 0.4) is 0 Å². The van der Waals surface area contributed by atoms with E-state index in [2.05, 4.69) is 10.5 Å². The predicted molar refractivity (Wildman–Crippen MR) is 71.0 cm³/mol. The number of carbonyl (C=O) groups excluding carboxylic acids is 1. The summed E-state index contributed by atoms with van der Waals surface area (Å²) < 4.78 is 5.23. The molecule has 0 aromatic rings. The van der Waals surface area contributed by atoms with Crippen molar-refractivity contribution in [3.8, 4) is 0 Å². The van der Waals surface area contributed by atoms with Crippen LogP contribution >= 0.6 is 0 Å². The van der Waals surface area contributed by atoms with Crippen molar-refractivity contribution < 1.29 is 19.5 Å². The largest absolute Gasteiger partial charge is 0.508 e. The summed E-state index contributed by atoms with van der Waals surface area (Å²) in [6.07, 6.45) is 6.87. The number of nitrogens with zero attached hydrogens (tertiary/aromatic N) is 1. The van der Waals surface area contributed by atoms with Crippen LogP contribution in [0.4, 0.5) is 0 Å². The van der Waals surface area contributed by atoms with Crippen LogP contribution in [0, 0.1) is 0 Å². The van der Waals surface area contributed by atoms with Gasteiger partial charge in [-0.25, -0.2) is 5.43 Å². The van der Waals surface area contributed by atoms with Gasteiger partial charge in [0.15, 0.2) is 6.54 Å². The van der Waals surface area contributed by atoms with Crippen LogP contribution in [0.2, 0.25) is 0 Å². The Labute approximate surface area is 112 Å². The highest BCUT2D eigenvalue weighted by molar-refractivity contribution is 5.85. The zero-order valence-electron chi connectivity index (χ0n) is 10.9. The molecule has 1 aliphatic carbocycles. The maximum atomic E-state index is 11.7. The molecule has 19 heavy (non-hydrogen) atoms. The maximum Gasteiger partial charge on any atom is 0.295 e. The number of hydrogen-bond acceptors (Lipinski definition) is 4. The topological polar surface area (TPSA) is 75.4 Å². The van der Waals surface area contributed by atoms with Crippen LogP contribution in [0.5, 0.6) is 0 Å². The first kappa shape index (κ1) is 13.8. The Morgan fingerprint density at radius 2 is 2.16 bits per heavy atom. The van der Waals surface area contributed by atoms with Crippen molar-refractivity contribution in [1.29, 1.82) is 0 Å². The Bertz CT molecular complexity index is 409. The van der Waals surface area contributed by atoms with E-state index in [1.807, 2.05) is 6.08 Å². The van der Waals surface area contributed by atoms with Gasteiger partial charge in [0.25, 0.3) is 5.91 Å². The predicted octanol–water partition coefficient (Wildman–Crippen LogP) is -0.834. The lowest BCUT2D eigenvalue weighted by Crippen LogP contribution is -3.15. The standard InChI is InChI=1S/C13H19N3O3/c17-12-4-2-1-3-11(12)9-14-15-13(18)10-16-5-7-19-8-6-16/h3-4,9,17H,1-2,5-8,10H2,(H,15,18)/p+1/b14-9+. The molecule has 0 aromatic heterocycles. The van der Waals surface area contributed by atoms with E-state index in [1.54, 1.807) is 6.08 Å². The molecule has 0 bridgehead atoms. The lowest BCUT2D eigenvalue weighted by atomic mass is 10.1. The molecule has 6 nitrogen and oxygen atoms in total. The van der Waals surface area contributed by atoms with Crippen molar-refractivity contribution in [2.45, 2.75) is 12.8 Å². The monoisotopic (exact) mass is 266 g/mol. The average molecular weight is 266 g/mol. The third-order valence-corrected chi connectivity index (χ3v) is 3.17. The number of rotatable bonds is 4. The quantitative estimate of drug-likeness (QED) is 0.459. The Balaban J connectivity index is 1.73. The minimum absolute atomic E-state index is 0.118. The molecule has 1 amide bonds. The molecular weight excluding hydrogens is 246 g/mol. The third kappa shape index (κ3) is 4.50. The summed E-state index contributed by atoms with van der Waals surface area (Å²) in [5, 5.41) is 13.4. The highest BCUT2D eigenvalue weighted by Crippen LogP contribution is 2.13. The van der Waals surface area contributed by atoms with Gasteiger partial charge in [0, 0.05) is 5.57 Å². The Morgan fingerprint density at radius 1 is 1.42 bits per heavy atom. The molecule has 0 radical (unpaired) electrons. The summed E-state index contributed by atoms with van der Waals surface area (Å²) in [6, 6.07) is 0. The van der Waals surface area contributed by atoms with Gasteiger partial charge >= 0.3 is 0 Å². The number of hydrogen-bond donors (Lipinski definition) is 3. The number of ether oxygens (including phenoxy) is 1. The lowest BCUT2D eigenvalue weighted by molar-refractivity contribution is -0.900. The minimum atomic E-state index is -0.118. The van der Waals surface area contributed by atoms with E-state index in [4.69, 9.17) is 4.74 Å². The molecule has 0 spiro atoms. The smallest absolute Gasteiger partial charge is 0.295 e. The highest BCUT2D eigenvalue weighted by Gasteiger charge is 2.17. The SMILES string of the molecule is O=C(C[NH+]1CCOCC1)N/N=C/C1=CCCC=C1O. The van der Waals surface area contributed by atoms with E-state index < -0.39 is 0 Å². The molecule has 1 fully saturated rings. The molecule has 1 heterocycles. The molecule has 0 atom stereocenters. The molecule has 1 saturated heterocycles. The fourth-order valence-electron chi connectivity index (χ4n) is 2.08. The number of carbonyl (C=O) groups is 1. The molecule has 3 N–H and O–H groups in total. The van der Waals surface area contributed by atoms with Gasteiger partial charge in [0.05, 0.1) is 19.4 Å². The molecule has 104 valence electrons. The molecule has 0 unspecified atom stereocenters. The molecule has 6 heteroatoms. The molecule has 1 aliphatic heterocycles. The highest BCUT2D eigenvalue weighted by atomic mass is 16.5. The van der Waals surface area contributed by atoms with Gasteiger partial charge in [0.2, 0.25) is 0 Å². The summed E-state index contributed by atoms with van der Waals surface area (Å²) in [5.74, 6) is 0.107. The molecular formula is C13H20N3O3+. The van der Waals surface area contributed by atoms with Gasteiger partial charge in [-0.1, -0.05) is 6.08 Å². The van der Waals surface area contributed by atoms with E-state index >= 15 is 0 Å². The zero-order valence-corrected chi connectivity index (χ0v) is 10.9. The fourth-order valence-corrected chi connectivity index (χ4v) is 2.08. The number of aliphatic hydroxyl groups is 1. The molecule has 2 aliphatic rings. The maximum absolute atomic E-state index is 11.7. The second-order valence-electron chi connectivity index (χ2n) is 4.66. The molecule has 0 saturated carbocycles. The van der Waals surface area contributed by atoms with Crippen LogP contribution in [0.25, 0.3) is 0 Å². The number of nitrogens with one attached hydrogen (secondary N) is 2. The van der Waals surface area contributed by atoms with Crippen LogP contribution < -0.4 is 10.3 Å². The molecule has 2 rings (SSSR count). The van der Waals surface area contributed by atoms with E-state index in [-0.39, 0.29) is 11.7 Å². The summed E-state index contributed by atoms with van der Waals surface area (Å²) >= 11 is 0. The van der Waals surface area contributed by atoms with Crippen molar-refractivity contribution in [1.82, 2.24) is 5.43 Å². The minimum Gasteiger partial charge on any atom is -0.508 e. The van der Waals surface area contributed by atoms with Crippen LogP contribution in [-0.4, -0.2) is 50.1 Å². The van der Waals surface area contributed by atoms with Crippen molar-refractivity contribution in [3.05, 3.63) is 23.5 Å². The summed E-state index contributed by atoms with van der Waals surface area (Å²) in [7, 11) is 0. The number of quaternary nitrogens is 1. The van der Waals surface area contributed by atoms with Gasteiger partial charge < -0.3 is 14.7 Å². The number of aliphatic hydroxyl groups excluding tert-OH is 1. The van der Waals surface area contributed by atoms with E-state index in [9.17, 15) is 9.90 Å². The van der Waals surface area contributed by atoms with Crippen LogP contribution in [0.15, 0.2) is 28.6 Å². The average Bonchev–Trinajstić information content (AvgIpc) is 2.42. The van der Waals surface area contributed by atoms with Crippen molar-refractivity contribution in [2.24, 2.45) is 5.10 Å². The van der Waals surface area contributed by atoms with Gasteiger partial charge in [-0.15, -0.1) is 0 Å². The fraction of sp³-hybridized carbons (Fsp3) is 0.538. The normalized spacial score (nSPS) is 21.1. The number of hydrazone groups is 1. The number of allylic oxidation sites excluding steroid dienone is 3. The second kappa shape index (κ2) is 7.06. The van der Waals surface area contributed by atoms with Gasteiger partial charge in [-0.3, -0.25) is 4.79 Å². The van der Waals surface area contributed by atoms with E-state index in [0.717, 1.165) is 25.9 Å². The zero-order chi connectivity index (χ0) is 13.5. The first-order valence-corrected chi connectivity index (χ1v) is 6.58. The van der Waals surface area contributed by atoms with E-state index in [0.29, 0.717) is 25.3 Å².